The van der Waals surface area contributed by atoms with E-state index in [1.54, 1.807) is 35.1 Å². The summed E-state index contributed by atoms with van der Waals surface area (Å²) in [6, 6.07) is 3.83. The summed E-state index contributed by atoms with van der Waals surface area (Å²) in [5.74, 6) is -1.46. The van der Waals surface area contributed by atoms with Crippen LogP contribution >= 0.6 is 0 Å². The molecule has 1 aromatic carbocycles. The van der Waals surface area contributed by atoms with Gasteiger partial charge in [-0.2, -0.15) is 10.4 Å². The van der Waals surface area contributed by atoms with E-state index in [2.05, 4.69) is 5.10 Å². The first-order chi connectivity index (χ1) is 9.55. The van der Waals surface area contributed by atoms with Gasteiger partial charge in [0.25, 0.3) is 0 Å². The molecule has 0 aliphatic carbocycles. The van der Waals surface area contributed by atoms with Crippen LogP contribution in [0.3, 0.4) is 0 Å². The topological polar surface area (TPSA) is 44.9 Å². The van der Waals surface area contributed by atoms with Gasteiger partial charge in [-0.1, -0.05) is 0 Å². The molecule has 2 aromatic rings. The summed E-state index contributed by atoms with van der Waals surface area (Å²) in [4.78, 5) is 1.57. The van der Waals surface area contributed by atoms with Gasteiger partial charge in [0.2, 0.25) is 0 Å². The molecule has 0 aliphatic rings. The molecule has 0 radical (unpaired) electrons. The summed E-state index contributed by atoms with van der Waals surface area (Å²) < 4.78 is 29.6. The van der Waals surface area contributed by atoms with E-state index in [9.17, 15) is 8.78 Å². The monoisotopic (exact) mass is 276 g/mol. The second kappa shape index (κ2) is 5.70. The Morgan fingerprint density at radius 1 is 1.35 bits per heavy atom. The maximum Gasteiger partial charge on any atom is 0.150 e. The molecule has 4 nitrogen and oxygen atoms in total. The van der Waals surface area contributed by atoms with Crippen LogP contribution in [0.1, 0.15) is 18.1 Å². The van der Waals surface area contributed by atoms with Gasteiger partial charge in [-0.05, 0) is 19.1 Å². The third kappa shape index (κ3) is 2.77. The molecule has 0 atom stereocenters. The Balaban J connectivity index is 2.35. The van der Waals surface area contributed by atoms with Gasteiger partial charge in [0.05, 0.1) is 17.8 Å². The van der Waals surface area contributed by atoms with Gasteiger partial charge < -0.3 is 4.90 Å². The molecule has 0 amide bonds. The minimum Gasteiger partial charge on any atom is -0.363 e. The van der Waals surface area contributed by atoms with Crippen LogP contribution in [-0.2, 0) is 13.6 Å². The van der Waals surface area contributed by atoms with Crippen LogP contribution in [0.4, 0.5) is 14.5 Å². The molecule has 0 N–H and O–H groups in total. The molecule has 104 valence electrons. The van der Waals surface area contributed by atoms with Crippen molar-refractivity contribution < 1.29 is 8.78 Å². The summed E-state index contributed by atoms with van der Waals surface area (Å²) in [6.07, 6.45) is 3.45. The minimum atomic E-state index is -0.729. The fraction of sp³-hybridized carbons (Fsp3) is 0.286. The average Bonchev–Trinajstić information content (AvgIpc) is 2.82. The van der Waals surface area contributed by atoms with Crippen molar-refractivity contribution in [2.75, 3.05) is 11.4 Å². The van der Waals surface area contributed by atoms with Crippen molar-refractivity contribution in [2.24, 2.45) is 7.05 Å². The second-order valence-corrected chi connectivity index (χ2v) is 4.44. The number of aryl methyl sites for hydroxylation is 1. The lowest BCUT2D eigenvalue weighted by molar-refractivity contribution is 0.570. The van der Waals surface area contributed by atoms with Gasteiger partial charge in [-0.3, -0.25) is 4.68 Å². The van der Waals surface area contributed by atoms with Crippen molar-refractivity contribution >= 4 is 5.69 Å². The zero-order valence-corrected chi connectivity index (χ0v) is 11.3. The predicted molar refractivity (Wildman–Crippen MR) is 71.0 cm³/mol. The number of aromatic nitrogens is 2. The largest absolute Gasteiger partial charge is 0.363 e. The highest BCUT2D eigenvalue weighted by atomic mass is 19.1. The Morgan fingerprint density at radius 3 is 2.45 bits per heavy atom. The summed E-state index contributed by atoms with van der Waals surface area (Å²) in [5, 5.41) is 12.7. The number of rotatable bonds is 4. The van der Waals surface area contributed by atoms with E-state index in [0.29, 0.717) is 13.1 Å². The van der Waals surface area contributed by atoms with E-state index in [1.807, 2.05) is 6.92 Å². The van der Waals surface area contributed by atoms with Crippen LogP contribution in [0.25, 0.3) is 0 Å². The first-order valence-electron chi connectivity index (χ1n) is 6.16. The van der Waals surface area contributed by atoms with E-state index in [4.69, 9.17) is 5.26 Å². The SMILES string of the molecule is CCN(Cc1cnn(C)c1)c1c(F)cc(C#N)cc1F. The normalized spacial score (nSPS) is 10.3. The Morgan fingerprint density at radius 2 is 2.00 bits per heavy atom. The molecule has 0 saturated carbocycles. The third-order valence-corrected chi connectivity index (χ3v) is 2.98. The molecule has 0 saturated heterocycles. The van der Waals surface area contributed by atoms with E-state index in [0.717, 1.165) is 17.7 Å². The Bertz CT molecular complexity index is 634. The number of benzene rings is 1. The third-order valence-electron chi connectivity index (χ3n) is 2.98. The molecule has 6 heteroatoms. The maximum atomic E-state index is 14.0. The zero-order valence-electron chi connectivity index (χ0n) is 11.3. The maximum absolute atomic E-state index is 14.0. The summed E-state index contributed by atoms with van der Waals surface area (Å²) in [5.41, 5.74) is 0.717. The minimum absolute atomic E-state index is 0.0267. The quantitative estimate of drug-likeness (QED) is 0.862. The van der Waals surface area contributed by atoms with Gasteiger partial charge >= 0.3 is 0 Å². The van der Waals surface area contributed by atoms with Crippen molar-refractivity contribution in [1.82, 2.24) is 9.78 Å². The van der Waals surface area contributed by atoms with Crippen LogP contribution in [-0.4, -0.2) is 16.3 Å². The number of halogens is 2. The lowest BCUT2D eigenvalue weighted by Gasteiger charge is -2.23. The molecular formula is C14H14F2N4. The van der Waals surface area contributed by atoms with E-state index in [-0.39, 0.29) is 11.3 Å². The van der Waals surface area contributed by atoms with Crippen molar-refractivity contribution in [3.63, 3.8) is 0 Å². The molecule has 1 aromatic heterocycles. The molecule has 1 heterocycles. The summed E-state index contributed by atoms with van der Waals surface area (Å²) in [7, 11) is 1.78. The Labute approximate surface area is 115 Å². The highest BCUT2D eigenvalue weighted by Gasteiger charge is 2.17. The first kappa shape index (κ1) is 14.0. The lowest BCUT2D eigenvalue weighted by Crippen LogP contribution is -2.24. The molecule has 0 aliphatic heterocycles. The fourth-order valence-corrected chi connectivity index (χ4v) is 2.06. The van der Waals surface area contributed by atoms with Crippen LogP contribution < -0.4 is 4.90 Å². The van der Waals surface area contributed by atoms with Gasteiger partial charge in [0.15, 0.2) is 11.6 Å². The summed E-state index contributed by atoms with van der Waals surface area (Å²) >= 11 is 0. The second-order valence-electron chi connectivity index (χ2n) is 4.44. The van der Waals surface area contributed by atoms with E-state index in [1.165, 1.54) is 0 Å². The molecule has 0 spiro atoms. The Kier molecular flexibility index (Phi) is 3.99. The average molecular weight is 276 g/mol. The Hall–Kier alpha value is -2.42. The molecule has 20 heavy (non-hydrogen) atoms. The molecule has 0 fully saturated rings. The zero-order chi connectivity index (χ0) is 14.7. The fourth-order valence-electron chi connectivity index (χ4n) is 2.06. The van der Waals surface area contributed by atoms with E-state index < -0.39 is 11.6 Å². The van der Waals surface area contributed by atoms with Crippen molar-refractivity contribution in [2.45, 2.75) is 13.5 Å². The van der Waals surface area contributed by atoms with Crippen LogP contribution in [0, 0.1) is 23.0 Å². The number of nitrogens with zero attached hydrogens (tertiary/aromatic N) is 4. The van der Waals surface area contributed by atoms with Gasteiger partial charge in [-0.25, -0.2) is 8.78 Å². The van der Waals surface area contributed by atoms with E-state index >= 15 is 0 Å². The van der Waals surface area contributed by atoms with Gasteiger partial charge in [0, 0.05) is 31.9 Å². The van der Waals surface area contributed by atoms with Crippen molar-refractivity contribution in [3.05, 3.63) is 47.3 Å². The van der Waals surface area contributed by atoms with Crippen LogP contribution in [0.2, 0.25) is 0 Å². The van der Waals surface area contributed by atoms with Crippen LogP contribution in [0.15, 0.2) is 24.5 Å². The van der Waals surface area contributed by atoms with Crippen molar-refractivity contribution in [1.29, 1.82) is 5.26 Å². The molecule has 2 rings (SSSR count). The van der Waals surface area contributed by atoms with Gasteiger partial charge in [-0.15, -0.1) is 0 Å². The molecule has 0 bridgehead atoms. The molecule has 0 unspecified atom stereocenters. The van der Waals surface area contributed by atoms with Crippen molar-refractivity contribution in [3.8, 4) is 6.07 Å². The lowest BCUT2D eigenvalue weighted by atomic mass is 10.1. The number of anilines is 1. The summed E-state index contributed by atoms with van der Waals surface area (Å²) in [6.45, 7) is 2.60. The highest BCUT2D eigenvalue weighted by Crippen LogP contribution is 2.26. The number of hydrogen-bond donors (Lipinski definition) is 0. The smallest absolute Gasteiger partial charge is 0.150 e. The van der Waals surface area contributed by atoms with Crippen LogP contribution in [0.5, 0.6) is 0 Å². The number of nitriles is 1. The molecular weight excluding hydrogens is 262 g/mol. The standard InChI is InChI=1S/C14H14F2N4/c1-3-20(9-11-7-18-19(2)8-11)14-12(15)4-10(6-17)5-13(14)16/h4-5,7-8H,3,9H2,1-2H3. The first-order valence-corrected chi connectivity index (χ1v) is 6.16. The predicted octanol–water partition coefficient (Wildman–Crippen LogP) is 2.60. The highest BCUT2D eigenvalue weighted by molar-refractivity contribution is 5.52. The number of hydrogen-bond acceptors (Lipinski definition) is 3. The van der Waals surface area contributed by atoms with Gasteiger partial charge in [0.1, 0.15) is 5.69 Å².